The van der Waals surface area contributed by atoms with Gasteiger partial charge in [0.25, 0.3) is 0 Å². The lowest BCUT2D eigenvalue weighted by molar-refractivity contribution is 0.619. The molecule has 0 amide bonds. The summed E-state index contributed by atoms with van der Waals surface area (Å²) in [6.45, 7) is 0. The second-order valence-electron chi connectivity index (χ2n) is 13.1. The molecule has 12 rings (SSSR count). The van der Waals surface area contributed by atoms with Gasteiger partial charge < -0.3 is 13.4 Å². The summed E-state index contributed by atoms with van der Waals surface area (Å²) in [6.07, 6.45) is 0. The third-order valence-corrected chi connectivity index (χ3v) is 10.5. The maximum absolute atomic E-state index is 6.75. The molecule has 1 aliphatic rings. The van der Waals surface area contributed by atoms with Crippen molar-refractivity contribution in [3.05, 3.63) is 146 Å². The minimum atomic E-state index is 0.585. The average molecular weight is 625 g/mol. The second kappa shape index (κ2) is 9.03. The molecule has 8 aromatic carbocycles. The number of benzene rings is 8. The summed E-state index contributed by atoms with van der Waals surface area (Å²) in [7, 11) is 0. The molecule has 0 unspecified atom stereocenters. The largest absolute Gasteiger partial charge is 0.456 e. The first-order valence-electron chi connectivity index (χ1n) is 16.6. The van der Waals surface area contributed by atoms with Gasteiger partial charge in [-0.1, -0.05) is 97.1 Å². The van der Waals surface area contributed by atoms with Crippen LogP contribution in [0.1, 0.15) is 0 Å². The van der Waals surface area contributed by atoms with Crippen molar-refractivity contribution in [1.82, 2.24) is 9.55 Å². The third-order valence-electron chi connectivity index (χ3n) is 10.5. The molecular formula is C45H24N2O2. The van der Waals surface area contributed by atoms with Crippen LogP contribution in [0.2, 0.25) is 0 Å². The van der Waals surface area contributed by atoms with Crippen LogP contribution in [-0.4, -0.2) is 9.55 Å². The van der Waals surface area contributed by atoms with Crippen LogP contribution < -0.4 is 0 Å². The molecule has 0 fully saturated rings. The zero-order chi connectivity index (χ0) is 31.8. The number of rotatable bonds is 2. The number of fused-ring (bicyclic) bond motifs is 8. The van der Waals surface area contributed by atoms with Crippen LogP contribution in [-0.2, 0) is 0 Å². The van der Waals surface area contributed by atoms with Crippen LogP contribution in [0.3, 0.4) is 0 Å². The average Bonchev–Trinajstić information content (AvgIpc) is 3.82. The maximum atomic E-state index is 6.75. The van der Waals surface area contributed by atoms with Crippen molar-refractivity contribution in [3.8, 4) is 39.4 Å². The van der Waals surface area contributed by atoms with E-state index in [2.05, 4.69) is 126 Å². The molecule has 0 bridgehead atoms. The maximum Gasteiger partial charge on any atom is 0.227 e. The first kappa shape index (κ1) is 25.4. The van der Waals surface area contributed by atoms with E-state index in [1.54, 1.807) is 0 Å². The molecule has 49 heavy (non-hydrogen) atoms. The van der Waals surface area contributed by atoms with Crippen molar-refractivity contribution < 1.29 is 8.83 Å². The molecule has 0 aliphatic heterocycles. The standard InChI is InChI=1S/C45H24N2O2/c1-2-11-28-26(9-1)23-39-42(33-21-19-27(24-38(33)48-39)45-46-34-16-5-6-18-37(34)49-45)44(28)47-35-17-8-15-32-30-13-4-3-12-29(30)31-14-7-10-25-20-22-36(47)43(40(25)31)41(32)35/h1-24H. The molecule has 0 atom stereocenters. The molecule has 11 aromatic rings. The summed E-state index contributed by atoms with van der Waals surface area (Å²) in [4.78, 5) is 4.76. The zero-order valence-electron chi connectivity index (χ0n) is 26.1. The summed E-state index contributed by atoms with van der Waals surface area (Å²) >= 11 is 0. The molecule has 3 aromatic heterocycles. The Balaban J connectivity index is 1.24. The minimum absolute atomic E-state index is 0.585. The zero-order valence-corrected chi connectivity index (χ0v) is 26.1. The van der Waals surface area contributed by atoms with Crippen LogP contribution in [0.4, 0.5) is 0 Å². The van der Waals surface area contributed by atoms with Gasteiger partial charge in [0.15, 0.2) is 5.58 Å². The Kier molecular flexibility index (Phi) is 4.69. The molecule has 0 spiro atoms. The SMILES string of the molecule is c1ccc2c(c1)-c1cccc3ccc4c(c13)c1c-2cccc1n4-c1c2ccccc2cc2oc3cc(-c4nc5ccccc5o4)ccc3c12. The summed E-state index contributed by atoms with van der Waals surface area (Å²) in [5.41, 5.74) is 12.7. The summed E-state index contributed by atoms with van der Waals surface area (Å²) in [5.74, 6) is 0.585. The molecule has 0 saturated carbocycles. The Hall–Kier alpha value is -6.65. The van der Waals surface area contributed by atoms with Crippen LogP contribution in [0.25, 0.3) is 116 Å². The Morgan fingerprint density at radius 2 is 1.16 bits per heavy atom. The molecule has 3 heterocycles. The summed E-state index contributed by atoms with van der Waals surface area (Å²) in [6, 6.07) is 52.0. The van der Waals surface area contributed by atoms with E-state index in [1.165, 1.54) is 60.2 Å². The smallest absolute Gasteiger partial charge is 0.227 e. The van der Waals surface area contributed by atoms with Crippen molar-refractivity contribution >= 4 is 76.4 Å². The predicted octanol–water partition coefficient (Wildman–Crippen LogP) is 12.4. The Labute approximate surface area is 279 Å². The van der Waals surface area contributed by atoms with Gasteiger partial charge in [0.1, 0.15) is 16.7 Å². The molecule has 0 N–H and O–H groups in total. The highest BCUT2D eigenvalue weighted by molar-refractivity contribution is 6.31. The van der Waals surface area contributed by atoms with Gasteiger partial charge in [-0.25, -0.2) is 4.98 Å². The molecule has 4 heteroatoms. The van der Waals surface area contributed by atoms with Crippen molar-refractivity contribution in [2.45, 2.75) is 0 Å². The van der Waals surface area contributed by atoms with Crippen molar-refractivity contribution in [2.24, 2.45) is 0 Å². The van der Waals surface area contributed by atoms with Crippen molar-refractivity contribution in [1.29, 1.82) is 0 Å². The number of para-hydroxylation sites is 2. The molecular weight excluding hydrogens is 601 g/mol. The van der Waals surface area contributed by atoms with Gasteiger partial charge in [0.2, 0.25) is 5.89 Å². The number of aromatic nitrogens is 2. The fourth-order valence-electron chi connectivity index (χ4n) is 8.51. The first-order chi connectivity index (χ1) is 24.3. The van der Waals surface area contributed by atoms with Crippen LogP contribution >= 0.6 is 0 Å². The number of nitrogens with zero attached hydrogens (tertiary/aromatic N) is 2. The van der Waals surface area contributed by atoms with E-state index in [-0.39, 0.29) is 0 Å². The molecule has 1 aliphatic carbocycles. The van der Waals surface area contributed by atoms with Gasteiger partial charge in [-0.2, -0.15) is 0 Å². The lowest BCUT2D eigenvalue weighted by atomic mass is 9.93. The van der Waals surface area contributed by atoms with E-state index in [0.29, 0.717) is 5.89 Å². The van der Waals surface area contributed by atoms with Crippen LogP contribution in [0.5, 0.6) is 0 Å². The lowest BCUT2D eigenvalue weighted by Gasteiger charge is -2.16. The Morgan fingerprint density at radius 3 is 2.06 bits per heavy atom. The highest BCUT2D eigenvalue weighted by Crippen LogP contribution is 2.51. The van der Waals surface area contributed by atoms with Gasteiger partial charge in [0, 0.05) is 27.1 Å². The van der Waals surface area contributed by atoms with E-state index >= 15 is 0 Å². The Morgan fingerprint density at radius 1 is 0.429 bits per heavy atom. The second-order valence-corrected chi connectivity index (χ2v) is 13.1. The van der Waals surface area contributed by atoms with Crippen molar-refractivity contribution in [2.75, 3.05) is 0 Å². The fourth-order valence-corrected chi connectivity index (χ4v) is 8.51. The number of furan rings is 1. The summed E-state index contributed by atoms with van der Waals surface area (Å²) in [5, 5.41) is 9.59. The van der Waals surface area contributed by atoms with E-state index in [9.17, 15) is 0 Å². The minimum Gasteiger partial charge on any atom is -0.456 e. The lowest BCUT2D eigenvalue weighted by Crippen LogP contribution is -1.97. The highest BCUT2D eigenvalue weighted by Gasteiger charge is 2.27. The van der Waals surface area contributed by atoms with Gasteiger partial charge in [-0.3, -0.25) is 0 Å². The third kappa shape index (κ3) is 3.25. The van der Waals surface area contributed by atoms with E-state index in [1.807, 2.05) is 24.3 Å². The van der Waals surface area contributed by atoms with E-state index in [4.69, 9.17) is 13.8 Å². The van der Waals surface area contributed by atoms with Gasteiger partial charge >= 0.3 is 0 Å². The number of oxazole rings is 1. The number of hydrogen-bond acceptors (Lipinski definition) is 3. The van der Waals surface area contributed by atoms with Gasteiger partial charge in [-0.15, -0.1) is 0 Å². The van der Waals surface area contributed by atoms with Crippen molar-refractivity contribution in [3.63, 3.8) is 0 Å². The molecule has 4 nitrogen and oxygen atoms in total. The predicted molar refractivity (Wildman–Crippen MR) is 201 cm³/mol. The molecule has 0 radical (unpaired) electrons. The van der Waals surface area contributed by atoms with Gasteiger partial charge in [0.05, 0.1) is 22.1 Å². The first-order valence-corrected chi connectivity index (χ1v) is 16.6. The quantitative estimate of drug-likeness (QED) is 0.192. The normalized spacial score (nSPS) is 12.5. The Bertz CT molecular complexity index is 3200. The molecule has 0 saturated heterocycles. The van der Waals surface area contributed by atoms with Crippen LogP contribution in [0, 0.1) is 0 Å². The molecule has 226 valence electrons. The van der Waals surface area contributed by atoms with E-state index in [0.717, 1.165) is 49.7 Å². The number of hydrogen-bond donors (Lipinski definition) is 0. The van der Waals surface area contributed by atoms with E-state index < -0.39 is 0 Å². The topological polar surface area (TPSA) is 44.1 Å². The fraction of sp³-hybridized carbons (Fsp3) is 0. The summed E-state index contributed by atoms with van der Waals surface area (Å²) < 4.78 is 15.4. The van der Waals surface area contributed by atoms with Gasteiger partial charge in [-0.05, 0) is 86.9 Å². The monoisotopic (exact) mass is 624 g/mol. The highest BCUT2D eigenvalue weighted by atomic mass is 16.3. The van der Waals surface area contributed by atoms with Crippen LogP contribution in [0.15, 0.2) is 154 Å².